The Morgan fingerprint density at radius 1 is 1.12 bits per heavy atom. The number of anilines is 2. The molecule has 0 bridgehead atoms. The Bertz CT molecular complexity index is 773. The number of nitrogens with zero attached hydrogens (tertiary/aromatic N) is 1. The molecule has 0 unspecified atom stereocenters. The molecule has 1 heterocycles. The van der Waals surface area contributed by atoms with Crippen LogP contribution in [0, 0.1) is 6.92 Å². The Hall–Kier alpha value is -2.82. The predicted octanol–water partition coefficient (Wildman–Crippen LogP) is 2.85. The lowest BCUT2D eigenvalue weighted by Crippen LogP contribution is -2.30. The van der Waals surface area contributed by atoms with Gasteiger partial charge >= 0.3 is 0 Å². The second-order valence-electron chi connectivity index (χ2n) is 6.22. The summed E-state index contributed by atoms with van der Waals surface area (Å²) in [7, 11) is 0. The third kappa shape index (κ3) is 4.18. The smallest absolute Gasteiger partial charge is 0.239 e. The summed E-state index contributed by atoms with van der Waals surface area (Å²) in [6.07, 6.45) is 1.47. The Kier molecular flexibility index (Phi) is 5.33. The lowest BCUT2D eigenvalue weighted by atomic mass is 10.1. The van der Waals surface area contributed by atoms with Crippen LogP contribution in [-0.2, 0) is 16.1 Å². The van der Waals surface area contributed by atoms with E-state index in [0.717, 1.165) is 35.5 Å². The quantitative estimate of drug-likeness (QED) is 0.852. The maximum Gasteiger partial charge on any atom is 0.239 e. The van der Waals surface area contributed by atoms with E-state index in [0.29, 0.717) is 13.0 Å². The Labute approximate surface area is 148 Å². The summed E-state index contributed by atoms with van der Waals surface area (Å²) in [6, 6.07) is 15.6. The van der Waals surface area contributed by atoms with Gasteiger partial charge in [0.25, 0.3) is 0 Å². The van der Waals surface area contributed by atoms with Gasteiger partial charge in [-0.3, -0.25) is 9.59 Å². The molecule has 5 heteroatoms. The lowest BCUT2D eigenvalue weighted by Gasteiger charge is -2.20. The molecule has 1 aliphatic heterocycles. The van der Waals surface area contributed by atoms with Crippen molar-refractivity contribution in [2.24, 2.45) is 0 Å². The molecule has 0 aromatic heterocycles. The maximum atomic E-state index is 12.1. The highest BCUT2D eigenvalue weighted by Gasteiger charge is 2.23. The molecule has 0 atom stereocenters. The van der Waals surface area contributed by atoms with E-state index in [2.05, 4.69) is 10.6 Å². The zero-order valence-electron chi connectivity index (χ0n) is 14.4. The lowest BCUT2D eigenvalue weighted by molar-refractivity contribution is -0.119. The molecule has 5 nitrogen and oxygen atoms in total. The van der Waals surface area contributed by atoms with Crippen molar-refractivity contribution < 1.29 is 9.59 Å². The summed E-state index contributed by atoms with van der Waals surface area (Å²) in [5.41, 5.74) is 3.92. The van der Waals surface area contributed by atoms with Crippen molar-refractivity contribution in [2.45, 2.75) is 26.3 Å². The number of rotatable bonds is 6. The number of para-hydroxylation sites is 2. The Balaban J connectivity index is 1.57. The fourth-order valence-corrected chi connectivity index (χ4v) is 3.00. The molecule has 0 spiro atoms. The van der Waals surface area contributed by atoms with Crippen LogP contribution < -0.4 is 15.5 Å². The van der Waals surface area contributed by atoms with Crippen LogP contribution in [0.2, 0.25) is 0 Å². The molecule has 1 aliphatic rings. The van der Waals surface area contributed by atoms with E-state index in [-0.39, 0.29) is 18.4 Å². The van der Waals surface area contributed by atoms with Gasteiger partial charge in [0.15, 0.2) is 0 Å². The first kappa shape index (κ1) is 17.0. The summed E-state index contributed by atoms with van der Waals surface area (Å²) in [4.78, 5) is 25.9. The molecule has 0 saturated carbocycles. The average Bonchev–Trinajstić information content (AvgIpc) is 3.05. The third-order valence-electron chi connectivity index (χ3n) is 4.44. The minimum absolute atomic E-state index is 0.0780. The van der Waals surface area contributed by atoms with Gasteiger partial charge in [-0.2, -0.15) is 0 Å². The maximum absolute atomic E-state index is 12.1. The van der Waals surface area contributed by atoms with Crippen LogP contribution in [-0.4, -0.2) is 24.9 Å². The molecular formula is C20H23N3O2. The summed E-state index contributed by atoms with van der Waals surface area (Å²) in [6.45, 7) is 3.45. The zero-order chi connectivity index (χ0) is 17.6. The van der Waals surface area contributed by atoms with Crippen LogP contribution in [0.5, 0.6) is 0 Å². The molecule has 2 aromatic rings. The highest BCUT2D eigenvalue weighted by atomic mass is 16.2. The summed E-state index contributed by atoms with van der Waals surface area (Å²) >= 11 is 0. The number of hydrogen-bond acceptors (Lipinski definition) is 3. The van der Waals surface area contributed by atoms with Crippen molar-refractivity contribution in [1.82, 2.24) is 5.32 Å². The molecule has 1 saturated heterocycles. The van der Waals surface area contributed by atoms with Gasteiger partial charge in [-0.1, -0.05) is 36.4 Å². The topological polar surface area (TPSA) is 61.4 Å². The number of amides is 2. The van der Waals surface area contributed by atoms with Gasteiger partial charge < -0.3 is 15.5 Å². The monoisotopic (exact) mass is 337 g/mol. The number of hydrogen-bond donors (Lipinski definition) is 2. The third-order valence-corrected chi connectivity index (χ3v) is 4.44. The summed E-state index contributed by atoms with van der Waals surface area (Å²) in [5.74, 6) is 0.0593. The number of aryl methyl sites for hydroxylation is 1. The predicted molar refractivity (Wildman–Crippen MR) is 99.5 cm³/mol. The molecule has 0 radical (unpaired) electrons. The molecule has 0 aliphatic carbocycles. The van der Waals surface area contributed by atoms with Crippen LogP contribution in [0.25, 0.3) is 0 Å². The van der Waals surface area contributed by atoms with E-state index in [1.165, 1.54) is 0 Å². The van der Waals surface area contributed by atoms with Crippen molar-refractivity contribution >= 4 is 23.2 Å². The molecule has 2 aromatic carbocycles. The molecule has 1 fully saturated rings. The first-order valence-electron chi connectivity index (χ1n) is 8.59. The first-order chi connectivity index (χ1) is 12.1. The van der Waals surface area contributed by atoms with Gasteiger partial charge in [0.2, 0.25) is 11.8 Å². The standard InChI is InChI=1S/C20H23N3O2/c1-15-7-2-3-8-16(15)13-22-19(24)14-21-17-9-4-5-10-18(17)23-12-6-11-20(23)25/h2-5,7-10,21H,6,11-14H2,1H3,(H,22,24). The molecule has 25 heavy (non-hydrogen) atoms. The largest absolute Gasteiger partial charge is 0.374 e. The van der Waals surface area contributed by atoms with Crippen molar-refractivity contribution in [2.75, 3.05) is 23.3 Å². The number of nitrogens with one attached hydrogen (secondary N) is 2. The van der Waals surface area contributed by atoms with Crippen LogP contribution >= 0.6 is 0 Å². The highest BCUT2D eigenvalue weighted by Crippen LogP contribution is 2.29. The minimum Gasteiger partial charge on any atom is -0.374 e. The molecule has 3 rings (SSSR count). The Morgan fingerprint density at radius 2 is 1.88 bits per heavy atom. The van der Waals surface area contributed by atoms with E-state index in [1.54, 1.807) is 4.90 Å². The number of carbonyl (C=O) groups excluding carboxylic acids is 2. The van der Waals surface area contributed by atoms with E-state index in [4.69, 9.17) is 0 Å². The van der Waals surface area contributed by atoms with E-state index in [9.17, 15) is 9.59 Å². The van der Waals surface area contributed by atoms with Crippen LogP contribution in [0.4, 0.5) is 11.4 Å². The van der Waals surface area contributed by atoms with E-state index < -0.39 is 0 Å². The highest BCUT2D eigenvalue weighted by molar-refractivity contribution is 5.98. The van der Waals surface area contributed by atoms with Crippen molar-refractivity contribution in [1.29, 1.82) is 0 Å². The van der Waals surface area contributed by atoms with E-state index >= 15 is 0 Å². The fraction of sp³-hybridized carbons (Fsp3) is 0.300. The van der Waals surface area contributed by atoms with Gasteiger partial charge in [0, 0.05) is 19.5 Å². The summed E-state index contributed by atoms with van der Waals surface area (Å²) in [5, 5.41) is 6.08. The molecular weight excluding hydrogens is 314 g/mol. The van der Waals surface area contributed by atoms with Gasteiger partial charge in [-0.05, 0) is 36.6 Å². The van der Waals surface area contributed by atoms with Crippen LogP contribution in [0.3, 0.4) is 0 Å². The first-order valence-corrected chi connectivity index (χ1v) is 8.59. The van der Waals surface area contributed by atoms with Crippen molar-refractivity contribution in [3.05, 3.63) is 59.7 Å². The second kappa shape index (κ2) is 7.83. The van der Waals surface area contributed by atoms with Crippen molar-refractivity contribution in [3.8, 4) is 0 Å². The normalized spacial score (nSPS) is 13.8. The van der Waals surface area contributed by atoms with Gasteiger partial charge in [-0.15, -0.1) is 0 Å². The fourth-order valence-electron chi connectivity index (χ4n) is 3.00. The Morgan fingerprint density at radius 3 is 2.64 bits per heavy atom. The van der Waals surface area contributed by atoms with Crippen molar-refractivity contribution in [3.63, 3.8) is 0 Å². The SMILES string of the molecule is Cc1ccccc1CNC(=O)CNc1ccccc1N1CCCC1=O. The zero-order valence-corrected chi connectivity index (χ0v) is 14.4. The minimum atomic E-state index is -0.0780. The van der Waals surface area contributed by atoms with Gasteiger partial charge in [0.05, 0.1) is 17.9 Å². The molecule has 130 valence electrons. The van der Waals surface area contributed by atoms with Gasteiger partial charge in [0.1, 0.15) is 0 Å². The number of carbonyl (C=O) groups is 2. The second-order valence-corrected chi connectivity index (χ2v) is 6.22. The van der Waals surface area contributed by atoms with E-state index in [1.807, 2.05) is 55.5 Å². The average molecular weight is 337 g/mol. The molecule has 2 N–H and O–H groups in total. The summed E-state index contributed by atoms with van der Waals surface area (Å²) < 4.78 is 0. The van der Waals surface area contributed by atoms with Gasteiger partial charge in [-0.25, -0.2) is 0 Å². The number of benzene rings is 2. The van der Waals surface area contributed by atoms with Crippen LogP contribution in [0.15, 0.2) is 48.5 Å². The van der Waals surface area contributed by atoms with Crippen LogP contribution in [0.1, 0.15) is 24.0 Å². The molecule has 2 amide bonds.